The number of piperidine rings is 1. The quantitative estimate of drug-likeness (QED) is 0.312. The van der Waals surface area contributed by atoms with Crippen molar-refractivity contribution in [2.45, 2.75) is 58.0 Å². The summed E-state index contributed by atoms with van der Waals surface area (Å²) < 4.78 is 51.9. The highest BCUT2D eigenvalue weighted by Crippen LogP contribution is 2.47. The highest BCUT2D eigenvalue weighted by Gasteiger charge is 2.48. The van der Waals surface area contributed by atoms with E-state index in [1.165, 1.54) is 12.1 Å². The highest BCUT2D eigenvalue weighted by molar-refractivity contribution is 5.96. The molecule has 2 aliphatic heterocycles. The zero-order valence-corrected chi connectivity index (χ0v) is 24.1. The average Bonchev–Trinajstić information content (AvgIpc) is 3.48. The number of nitrogens with zero attached hydrogens (tertiary/aromatic N) is 2. The van der Waals surface area contributed by atoms with E-state index >= 15 is 0 Å². The van der Waals surface area contributed by atoms with Gasteiger partial charge in [0.15, 0.2) is 0 Å². The number of rotatable bonds is 8. The van der Waals surface area contributed by atoms with E-state index in [0.717, 1.165) is 66.9 Å². The molecule has 9 heteroatoms. The first kappa shape index (κ1) is 29.6. The Balaban J connectivity index is 1.24. The van der Waals surface area contributed by atoms with Gasteiger partial charge in [-0.3, -0.25) is 9.78 Å². The second kappa shape index (κ2) is 12.2. The summed E-state index contributed by atoms with van der Waals surface area (Å²) >= 11 is 0. The van der Waals surface area contributed by atoms with Crippen molar-refractivity contribution in [3.8, 4) is 11.1 Å². The van der Waals surface area contributed by atoms with Gasteiger partial charge in [0.1, 0.15) is 12.5 Å². The summed E-state index contributed by atoms with van der Waals surface area (Å²) in [6.07, 6.45) is 2.85. The normalized spacial score (nSPS) is 17.9. The van der Waals surface area contributed by atoms with Crippen molar-refractivity contribution in [1.82, 2.24) is 15.2 Å². The van der Waals surface area contributed by atoms with Gasteiger partial charge in [-0.15, -0.1) is 0 Å². The lowest BCUT2D eigenvalue weighted by molar-refractivity contribution is -0.201. The van der Waals surface area contributed by atoms with E-state index in [-0.39, 0.29) is 17.9 Å². The summed E-state index contributed by atoms with van der Waals surface area (Å²) in [7, 11) is 0. The van der Waals surface area contributed by atoms with Crippen LogP contribution in [-0.4, -0.2) is 41.5 Å². The molecule has 1 fully saturated rings. The number of aromatic nitrogens is 1. The van der Waals surface area contributed by atoms with Crippen molar-refractivity contribution in [2.75, 3.05) is 19.6 Å². The van der Waals surface area contributed by atoms with Crippen molar-refractivity contribution < 1.29 is 27.4 Å². The predicted octanol–water partition coefficient (Wildman–Crippen LogP) is 6.98. The van der Waals surface area contributed by atoms with Crippen LogP contribution in [0.2, 0.25) is 0 Å². The number of nitrogens with one attached hydrogen (secondary N) is 1. The van der Waals surface area contributed by atoms with Gasteiger partial charge in [-0.05, 0) is 88.0 Å². The third-order valence-corrected chi connectivity index (χ3v) is 8.48. The summed E-state index contributed by atoms with van der Waals surface area (Å²) in [5.74, 6) is -1.12. The fourth-order valence-electron chi connectivity index (χ4n) is 6.13. The number of hydrogen-bond donors (Lipinski definition) is 1. The van der Waals surface area contributed by atoms with Gasteiger partial charge in [-0.25, -0.2) is 0 Å². The fourth-order valence-corrected chi connectivity index (χ4v) is 6.13. The largest absolute Gasteiger partial charge is 0.452 e. The van der Waals surface area contributed by atoms with Crippen molar-refractivity contribution in [2.24, 2.45) is 5.92 Å². The molecule has 2 aromatic carbocycles. The van der Waals surface area contributed by atoms with Crippen LogP contribution in [0.3, 0.4) is 0 Å². The van der Waals surface area contributed by atoms with Gasteiger partial charge in [-0.1, -0.05) is 36.4 Å². The molecule has 2 aliphatic rings. The zero-order chi connectivity index (χ0) is 29.9. The van der Waals surface area contributed by atoms with E-state index in [9.17, 15) is 18.0 Å². The third kappa shape index (κ3) is 6.02. The summed E-state index contributed by atoms with van der Waals surface area (Å²) in [6.45, 7) is 8.16. The second-order valence-electron chi connectivity index (χ2n) is 11.1. The Labute approximate surface area is 244 Å². The number of ether oxygens (including phenoxy) is 2. The number of aryl methyl sites for hydroxylation is 2. The molecule has 6 nitrogen and oxygen atoms in total. The lowest BCUT2D eigenvalue weighted by Crippen LogP contribution is -2.47. The summed E-state index contributed by atoms with van der Waals surface area (Å²) in [6, 6.07) is 14.9. The van der Waals surface area contributed by atoms with Gasteiger partial charge in [0.25, 0.3) is 11.7 Å². The number of carbonyl (C=O) groups excluding carboxylic acids is 1. The molecule has 0 bridgehead atoms. The van der Waals surface area contributed by atoms with Crippen LogP contribution in [0.25, 0.3) is 11.1 Å². The molecule has 0 saturated carbocycles. The van der Waals surface area contributed by atoms with Gasteiger partial charge in [-0.2, -0.15) is 13.2 Å². The van der Waals surface area contributed by atoms with E-state index in [0.29, 0.717) is 17.7 Å². The van der Waals surface area contributed by atoms with Crippen LogP contribution >= 0.6 is 0 Å². The molecular formula is C33H36F3N3O3. The predicted molar refractivity (Wildman–Crippen MR) is 154 cm³/mol. The van der Waals surface area contributed by atoms with Crippen molar-refractivity contribution in [1.29, 1.82) is 0 Å². The van der Waals surface area contributed by atoms with Gasteiger partial charge >= 0.3 is 6.18 Å². The van der Waals surface area contributed by atoms with Crippen molar-refractivity contribution >= 4 is 5.91 Å². The van der Waals surface area contributed by atoms with Gasteiger partial charge in [0.05, 0.1) is 16.8 Å². The molecule has 3 aromatic rings. The van der Waals surface area contributed by atoms with Gasteiger partial charge < -0.3 is 19.7 Å². The number of amides is 1. The first-order valence-corrected chi connectivity index (χ1v) is 14.3. The summed E-state index contributed by atoms with van der Waals surface area (Å²) in [5.41, 5.74) is 3.83. The van der Waals surface area contributed by atoms with E-state index in [1.54, 1.807) is 18.7 Å². The van der Waals surface area contributed by atoms with Crippen LogP contribution in [0.15, 0.2) is 73.3 Å². The van der Waals surface area contributed by atoms with Crippen molar-refractivity contribution in [3.05, 3.63) is 101 Å². The topological polar surface area (TPSA) is 63.7 Å². The molecular weight excluding hydrogens is 543 g/mol. The SMILES string of the molecule is Cc1ccnc(C)c1C(=O)NCCC(C)N1CCC(C2(c3ccccc3-c3ccc(C(F)(F)F)cc3)OC=CO2)CC1. The molecule has 222 valence electrons. The Kier molecular flexibility index (Phi) is 8.59. The second-order valence-corrected chi connectivity index (χ2v) is 11.1. The number of alkyl halides is 3. The highest BCUT2D eigenvalue weighted by atomic mass is 19.4. The maximum atomic E-state index is 13.2. The molecule has 1 unspecified atom stereocenters. The monoisotopic (exact) mass is 579 g/mol. The molecule has 1 aromatic heterocycles. The Morgan fingerprint density at radius 1 is 1.05 bits per heavy atom. The van der Waals surface area contributed by atoms with Crippen LogP contribution in [0.5, 0.6) is 0 Å². The van der Waals surface area contributed by atoms with E-state index in [4.69, 9.17) is 9.47 Å². The Hall–Kier alpha value is -3.85. The van der Waals surface area contributed by atoms with E-state index < -0.39 is 17.5 Å². The molecule has 1 atom stereocenters. The Bertz CT molecular complexity index is 1400. The first-order chi connectivity index (χ1) is 20.1. The number of halogens is 3. The molecule has 0 aliphatic carbocycles. The number of likely N-dealkylation sites (tertiary alicyclic amines) is 1. The fraction of sp³-hybridized carbons (Fsp3) is 0.394. The molecule has 1 N–H and O–H groups in total. The maximum Gasteiger partial charge on any atom is 0.416 e. The lowest BCUT2D eigenvalue weighted by Gasteiger charge is -2.43. The Morgan fingerprint density at radius 3 is 2.36 bits per heavy atom. The van der Waals surface area contributed by atoms with Crippen molar-refractivity contribution in [3.63, 3.8) is 0 Å². The number of pyridine rings is 1. The number of benzene rings is 2. The zero-order valence-electron chi connectivity index (χ0n) is 24.1. The van der Waals surface area contributed by atoms with Crippen LogP contribution < -0.4 is 5.32 Å². The maximum absolute atomic E-state index is 13.2. The number of hydrogen-bond acceptors (Lipinski definition) is 5. The average molecular weight is 580 g/mol. The van der Waals surface area contributed by atoms with Crippen LogP contribution in [-0.2, 0) is 21.4 Å². The first-order valence-electron chi connectivity index (χ1n) is 14.3. The standard InChI is InChI=1S/C33H36F3N3O3/c1-22-12-16-37-24(3)30(22)31(40)38-17-13-23(2)39-18-14-26(15-19-39)32(41-20-21-42-32)29-7-5-4-6-28(29)25-8-10-27(11-9-25)33(34,35)36/h4-12,16,20-21,23,26H,13-15,17-19H2,1-3H3,(H,38,40). The van der Waals surface area contributed by atoms with Gasteiger partial charge in [0.2, 0.25) is 0 Å². The molecule has 5 rings (SSSR count). The van der Waals surface area contributed by atoms with E-state index in [1.807, 2.05) is 44.2 Å². The number of carbonyl (C=O) groups is 1. The molecule has 1 saturated heterocycles. The lowest BCUT2D eigenvalue weighted by atomic mass is 9.80. The van der Waals surface area contributed by atoms with Crippen LogP contribution in [0, 0.1) is 19.8 Å². The molecule has 0 spiro atoms. The smallest absolute Gasteiger partial charge is 0.416 e. The van der Waals surface area contributed by atoms with E-state index in [2.05, 4.69) is 22.1 Å². The molecule has 3 heterocycles. The molecule has 0 radical (unpaired) electrons. The third-order valence-electron chi connectivity index (χ3n) is 8.48. The van der Waals surface area contributed by atoms with Crippen LogP contribution in [0.1, 0.15) is 58.9 Å². The minimum absolute atomic E-state index is 0.0304. The molecule has 1 amide bonds. The molecule has 42 heavy (non-hydrogen) atoms. The summed E-state index contributed by atoms with van der Waals surface area (Å²) in [5, 5.41) is 3.05. The Morgan fingerprint density at radius 2 is 1.71 bits per heavy atom. The minimum Gasteiger partial charge on any atom is -0.452 e. The minimum atomic E-state index is -4.39. The summed E-state index contributed by atoms with van der Waals surface area (Å²) in [4.78, 5) is 19.4. The van der Waals surface area contributed by atoms with Crippen LogP contribution in [0.4, 0.5) is 13.2 Å². The van der Waals surface area contributed by atoms with Gasteiger partial charge in [0, 0.05) is 30.3 Å².